The van der Waals surface area contributed by atoms with Crippen LogP contribution in [0.15, 0.2) is 36.5 Å². The van der Waals surface area contributed by atoms with Gasteiger partial charge in [0, 0.05) is 56.0 Å². The maximum Gasteiger partial charge on any atom is 0.246 e. The van der Waals surface area contributed by atoms with Crippen molar-refractivity contribution in [2.75, 3.05) is 33.4 Å². The average molecular weight is 302 g/mol. The molecule has 1 N–H and O–H groups in total. The molecule has 0 saturated heterocycles. The van der Waals surface area contributed by atoms with Gasteiger partial charge >= 0.3 is 0 Å². The molecule has 5 heteroatoms. The first-order valence-electron chi connectivity index (χ1n) is 7.28. The van der Waals surface area contributed by atoms with Crippen LogP contribution in [0.1, 0.15) is 5.56 Å². The zero-order valence-corrected chi connectivity index (χ0v) is 13.0. The fourth-order valence-corrected chi connectivity index (χ4v) is 2.43. The largest absolute Gasteiger partial charge is 0.395 e. The van der Waals surface area contributed by atoms with E-state index in [1.54, 1.807) is 18.1 Å². The minimum absolute atomic E-state index is 0.0580. The molecule has 0 saturated carbocycles. The number of ether oxygens (including phenoxy) is 1. The van der Waals surface area contributed by atoms with E-state index in [0.29, 0.717) is 19.7 Å². The van der Waals surface area contributed by atoms with E-state index in [2.05, 4.69) is 0 Å². The molecule has 2 rings (SSSR count). The molecule has 22 heavy (non-hydrogen) atoms. The normalized spacial score (nSPS) is 11.4. The number of carbonyl (C=O) groups excluding carboxylic acids is 1. The Morgan fingerprint density at radius 3 is 2.86 bits per heavy atom. The molecular formula is C17H22N2O3. The number of para-hydroxylation sites is 1. The van der Waals surface area contributed by atoms with Gasteiger partial charge in [0.1, 0.15) is 0 Å². The van der Waals surface area contributed by atoms with Gasteiger partial charge in [0.25, 0.3) is 0 Å². The molecule has 0 aliphatic rings. The van der Waals surface area contributed by atoms with Crippen molar-refractivity contribution in [1.29, 1.82) is 0 Å². The topological polar surface area (TPSA) is 54.7 Å². The van der Waals surface area contributed by atoms with Crippen LogP contribution in [0.4, 0.5) is 0 Å². The summed E-state index contributed by atoms with van der Waals surface area (Å²) >= 11 is 0. The molecule has 0 unspecified atom stereocenters. The van der Waals surface area contributed by atoms with E-state index in [1.807, 2.05) is 48.2 Å². The second-order valence-corrected chi connectivity index (χ2v) is 5.09. The number of carbonyl (C=O) groups is 1. The molecule has 118 valence electrons. The number of aryl methyl sites for hydroxylation is 1. The van der Waals surface area contributed by atoms with Gasteiger partial charge in [0.15, 0.2) is 0 Å². The zero-order valence-electron chi connectivity index (χ0n) is 13.0. The third-order valence-corrected chi connectivity index (χ3v) is 3.58. The maximum atomic E-state index is 12.2. The molecule has 0 aliphatic carbocycles. The predicted molar refractivity (Wildman–Crippen MR) is 87.5 cm³/mol. The molecular weight excluding hydrogens is 280 g/mol. The Balaban J connectivity index is 2.16. The minimum Gasteiger partial charge on any atom is -0.395 e. The third kappa shape index (κ3) is 3.75. The number of amides is 1. The summed E-state index contributed by atoms with van der Waals surface area (Å²) in [6.07, 6.45) is 5.37. The van der Waals surface area contributed by atoms with Gasteiger partial charge in [-0.1, -0.05) is 18.2 Å². The lowest BCUT2D eigenvalue weighted by Crippen LogP contribution is -2.34. The first kappa shape index (κ1) is 16.3. The zero-order chi connectivity index (χ0) is 15.9. The number of hydrogen-bond donors (Lipinski definition) is 1. The lowest BCUT2D eigenvalue weighted by atomic mass is 10.1. The molecule has 0 radical (unpaired) electrons. The highest BCUT2D eigenvalue weighted by Gasteiger charge is 2.10. The first-order valence-corrected chi connectivity index (χ1v) is 7.28. The van der Waals surface area contributed by atoms with Crippen LogP contribution in [-0.4, -0.2) is 53.9 Å². The molecule has 1 amide bonds. The number of fused-ring (bicyclic) bond motifs is 1. The standard InChI is InChI=1S/C17H22N2O3/c1-18-13-14(15-5-3-4-6-16(15)18)7-8-17(21)19(9-11-20)10-12-22-2/h3-8,13,20H,9-12H2,1-2H3/b8-7+. The third-order valence-electron chi connectivity index (χ3n) is 3.58. The molecule has 1 aromatic heterocycles. The molecule has 0 bridgehead atoms. The van der Waals surface area contributed by atoms with Crippen LogP contribution < -0.4 is 0 Å². The molecule has 0 fully saturated rings. The molecule has 1 heterocycles. The SMILES string of the molecule is COCCN(CCO)C(=O)/C=C/c1cn(C)c2ccccc12. The Morgan fingerprint density at radius 2 is 2.14 bits per heavy atom. The summed E-state index contributed by atoms with van der Waals surface area (Å²) < 4.78 is 7.03. The van der Waals surface area contributed by atoms with Gasteiger partial charge in [-0.25, -0.2) is 0 Å². The van der Waals surface area contributed by atoms with Crippen LogP contribution in [0, 0.1) is 0 Å². The van der Waals surface area contributed by atoms with E-state index in [4.69, 9.17) is 9.84 Å². The van der Waals surface area contributed by atoms with Gasteiger partial charge in [0.05, 0.1) is 13.2 Å². The maximum absolute atomic E-state index is 12.2. The molecule has 5 nitrogen and oxygen atoms in total. The molecule has 2 aromatic rings. The summed E-state index contributed by atoms with van der Waals surface area (Å²) in [5.74, 6) is -0.126. The number of aromatic nitrogens is 1. The molecule has 0 atom stereocenters. The van der Waals surface area contributed by atoms with Gasteiger partial charge in [-0.15, -0.1) is 0 Å². The van der Waals surface area contributed by atoms with Crippen molar-refractivity contribution in [3.8, 4) is 0 Å². The number of aliphatic hydroxyl groups is 1. The van der Waals surface area contributed by atoms with Crippen LogP contribution in [0.25, 0.3) is 17.0 Å². The molecule has 1 aromatic carbocycles. The van der Waals surface area contributed by atoms with E-state index in [-0.39, 0.29) is 12.5 Å². The van der Waals surface area contributed by atoms with Crippen LogP contribution in [0.2, 0.25) is 0 Å². The number of aliphatic hydroxyl groups excluding tert-OH is 1. The highest BCUT2D eigenvalue weighted by atomic mass is 16.5. The Morgan fingerprint density at radius 1 is 1.36 bits per heavy atom. The highest BCUT2D eigenvalue weighted by molar-refractivity contribution is 5.96. The smallest absolute Gasteiger partial charge is 0.246 e. The van der Waals surface area contributed by atoms with Gasteiger partial charge in [0.2, 0.25) is 5.91 Å². The number of methoxy groups -OCH3 is 1. The summed E-state index contributed by atoms with van der Waals surface area (Å²) in [5, 5.41) is 10.2. The van der Waals surface area contributed by atoms with Crippen molar-refractivity contribution in [2.45, 2.75) is 0 Å². The molecule has 0 aliphatic heterocycles. The van der Waals surface area contributed by atoms with Crippen molar-refractivity contribution in [1.82, 2.24) is 9.47 Å². The quantitative estimate of drug-likeness (QED) is 0.791. The first-order chi connectivity index (χ1) is 10.7. The van der Waals surface area contributed by atoms with Crippen molar-refractivity contribution in [3.05, 3.63) is 42.1 Å². The van der Waals surface area contributed by atoms with Gasteiger partial charge in [-0.05, 0) is 12.1 Å². The summed E-state index contributed by atoms with van der Waals surface area (Å²) in [7, 11) is 3.58. The van der Waals surface area contributed by atoms with Crippen LogP contribution in [-0.2, 0) is 16.6 Å². The van der Waals surface area contributed by atoms with Crippen molar-refractivity contribution < 1.29 is 14.6 Å². The Bertz CT molecular complexity index is 661. The monoisotopic (exact) mass is 302 g/mol. The van der Waals surface area contributed by atoms with Gasteiger partial charge in [-0.3, -0.25) is 4.79 Å². The Labute approximate surface area is 130 Å². The second-order valence-electron chi connectivity index (χ2n) is 5.09. The second kappa shape index (κ2) is 7.77. The Kier molecular flexibility index (Phi) is 5.75. The van der Waals surface area contributed by atoms with E-state index in [1.165, 1.54) is 0 Å². The number of hydrogen-bond acceptors (Lipinski definition) is 3. The Hall–Kier alpha value is -2.11. The minimum atomic E-state index is -0.126. The molecule has 0 spiro atoms. The van der Waals surface area contributed by atoms with Crippen molar-refractivity contribution in [3.63, 3.8) is 0 Å². The van der Waals surface area contributed by atoms with E-state index >= 15 is 0 Å². The van der Waals surface area contributed by atoms with E-state index < -0.39 is 0 Å². The summed E-state index contributed by atoms with van der Waals surface area (Å²) in [5.41, 5.74) is 2.13. The van der Waals surface area contributed by atoms with E-state index in [9.17, 15) is 4.79 Å². The van der Waals surface area contributed by atoms with Crippen LogP contribution in [0.5, 0.6) is 0 Å². The van der Waals surface area contributed by atoms with Crippen molar-refractivity contribution in [2.24, 2.45) is 7.05 Å². The van der Waals surface area contributed by atoms with E-state index in [0.717, 1.165) is 16.5 Å². The van der Waals surface area contributed by atoms with Crippen LogP contribution in [0.3, 0.4) is 0 Å². The number of benzene rings is 1. The van der Waals surface area contributed by atoms with Gasteiger partial charge in [-0.2, -0.15) is 0 Å². The fraction of sp³-hybridized carbons (Fsp3) is 0.353. The van der Waals surface area contributed by atoms with Crippen molar-refractivity contribution >= 4 is 22.9 Å². The average Bonchev–Trinajstić information content (AvgIpc) is 2.86. The summed E-state index contributed by atoms with van der Waals surface area (Å²) in [6, 6.07) is 8.06. The fourth-order valence-electron chi connectivity index (χ4n) is 2.43. The summed E-state index contributed by atoms with van der Waals surface area (Å²) in [4.78, 5) is 13.8. The predicted octanol–water partition coefficient (Wildman–Crippen LogP) is 1.66. The lowest BCUT2D eigenvalue weighted by Gasteiger charge is -2.19. The lowest BCUT2D eigenvalue weighted by molar-refractivity contribution is -0.127. The number of nitrogens with zero attached hydrogens (tertiary/aromatic N) is 2. The number of rotatable bonds is 7. The van der Waals surface area contributed by atoms with Crippen LogP contribution >= 0.6 is 0 Å². The highest BCUT2D eigenvalue weighted by Crippen LogP contribution is 2.21. The van der Waals surface area contributed by atoms with Gasteiger partial charge < -0.3 is 19.3 Å². The summed E-state index contributed by atoms with van der Waals surface area (Å²) in [6.45, 7) is 1.17.